The third kappa shape index (κ3) is 8.69. The standard InChI is InChI=1S/C31H40N2O2/c1-2-3-4-8-21-34-30-19-15-27(16-20-30)31-32-23-28(24-33-31)26-13-17-29(18-14-26)35-22-9-6-5-7-10-25-11-12-25/h13-20,23-25H,2-12,21-22H2,1H3. The van der Waals surface area contributed by atoms with Crippen molar-refractivity contribution in [1.82, 2.24) is 9.97 Å². The molecule has 186 valence electrons. The Kier molecular flexibility index (Phi) is 9.99. The van der Waals surface area contributed by atoms with E-state index in [1.807, 2.05) is 48.8 Å². The summed E-state index contributed by atoms with van der Waals surface area (Å²) < 4.78 is 11.8. The van der Waals surface area contributed by atoms with Gasteiger partial charge in [-0.15, -0.1) is 0 Å². The van der Waals surface area contributed by atoms with E-state index < -0.39 is 0 Å². The summed E-state index contributed by atoms with van der Waals surface area (Å²) in [5, 5.41) is 0. The van der Waals surface area contributed by atoms with E-state index in [-0.39, 0.29) is 0 Å². The quantitative estimate of drug-likeness (QED) is 0.196. The van der Waals surface area contributed by atoms with Crippen molar-refractivity contribution in [1.29, 1.82) is 0 Å². The predicted octanol–water partition coefficient (Wildman–Crippen LogP) is 8.51. The lowest BCUT2D eigenvalue weighted by molar-refractivity contribution is 0.304. The lowest BCUT2D eigenvalue weighted by Gasteiger charge is -2.08. The highest BCUT2D eigenvalue weighted by molar-refractivity contribution is 5.64. The number of aromatic nitrogens is 2. The number of hydrogen-bond acceptors (Lipinski definition) is 4. The van der Waals surface area contributed by atoms with Crippen molar-refractivity contribution in [2.24, 2.45) is 5.92 Å². The third-order valence-electron chi connectivity index (χ3n) is 6.69. The Morgan fingerprint density at radius 3 is 1.74 bits per heavy atom. The second-order valence-corrected chi connectivity index (χ2v) is 9.75. The number of rotatable bonds is 16. The van der Waals surface area contributed by atoms with Crippen LogP contribution in [0.3, 0.4) is 0 Å². The van der Waals surface area contributed by atoms with Gasteiger partial charge in [-0.1, -0.05) is 76.8 Å². The largest absolute Gasteiger partial charge is 0.494 e. The van der Waals surface area contributed by atoms with Crippen molar-refractivity contribution in [3.05, 3.63) is 60.9 Å². The van der Waals surface area contributed by atoms with Crippen LogP contribution in [0.1, 0.15) is 77.6 Å². The van der Waals surface area contributed by atoms with E-state index in [0.29, 0.717) is 0 Å². The van der Waals surface area contributed by atoms with E-state index in [4.69, 9.17) is 9.47 Å². The molecule has 1 heterocycles. The van der Waals surface area contributed by atoms with Gasteiger partial charge in [-0.25, -0.2) is 9.97 Å². The van der Waals surface area contributed by atoms with Crippen LogP contribution in [0, 0.1) is 5.92 Å². The highest BCUT2D eigenvalue weighted by Crippen LogP contribution is 2.34. The van der Waals surface area contributed by atoms with Gasteiger partial charge >= 0.3 is 0 Å². The molecule has 0 amide bonds. The van der Waals surface area contributed by atoms with Crippen LogP contribution in [0.15, 0.2) is 60.9 Å². The summed E-state index contributed by atoms with van der Waals surface area (Å²) in [5.41, 5.74) is 3.09. The SMILES string of the molecule is CCCCCCOc1ccc(-c2ncc(-c3ccc(OCCCCCCC4CC4)cc3)cn2)cc1. The second-order valence-electron chi connectivity index (χ2n) is 9.75. The predicted molar refractivity (Wildman–Crippen MR) is 144 cm³/mol. The summed E-state index contributed by atoms with van der Waals surface area (Å²) in [6.45, 7) is 3.79. The minimum atomic E-state index is 0.723. The lowest BCUT2D eigenvalue weighted by atomic mass is 10.1. The summed E-state index contributed by atoms with van der Waals surface area (Å²) in [4.78, 5) is 9.18. The molecule has 0 aliphatic heterocycles. The number of nitrogens with zero attached hydrogens (tertiary/aromatic N) is 2. The van der Waals surface area contributed by atoms with E-state index in [1.165, 1.54) is 57.8 Å². The number of benzene rings is 2. The van der Waals surface area contributed by atoms with Crippen molar-refractivity contribution >= 4 is 0 Å². The minimum absolute atomic E-state index is 0.723. The Bertz CT molecular complexity index is 980. The van der Waals surface area contributed by atoms with Crippen LogP contribution in [0.4, 0.5) is 0 Å². The van der Waals surface area contributed by atoms with Gasteiger partial charge in [0, 0.05) is 23.5 Å². The fraction of sp³-hybridized carbons (Fsp3) is 0.484. The smallest absolute Gasteiger partial charge is 0.159 e. The first-order valence-electron chi connectivity index (χ1n) is 13.6. The molecule has 3 aromatic rings. The zero-order valence-electron chi connectivity index (χ0n) is 21.3. The van der Waals surface area contributed by atoms with Crippen LogP contribution in [-0.4, -0.2) is 23.2 Å². The van der Waals surface area contributed by atoms with Crippen molar-refractivity contribution in [2.75, 3.05) is 13.2 Å². The maximum atomic E-state index is 5.92. The van der Waals surface area contributed by atoms with Crippen LogP contribution < -0.4 is 9.47 Å². The Labute approximate surface area is 211 Å². The molecule has 1 fully saturated rings. The average molecular weight is 473 g/mol. The van der Waals surface area contributed by atoms with E-state index in [2.05, 4.69) is 29.0 Å². The zero-order chi connectivity index (χ0) is 24.1. The van der Waals surface area contributed by atoms with Crippen LogP contribution in [0.5, 0.6) is 11.5 Å². The summed E-state index contributed by atoms with van der Waals surface area (Å²) in [6.07, 6.45) is 18.1. The number of hydrogen-bond donors (Lipinski definition) is 0. The van der Waals surface area contributed by atoms with Crippen LogP contribution in [-0.2, 0) is 0 Å². The normalized spacial score (nSPS) is 13.1. The summed E-state index contributed by atoms with van der Waals surface area (Å²) >= 11 is 0. The summed E-state index contributed by atoms with van der Waals surface area (Å²) in [7, 11) is 0. The van der Waals surface area contributed by atoms with Crippen LogP contribution in [0.25, 0.3) is 22.5 Å². The number of ether oxygens (including phenoxy) is 2. The topological polar surface area (TPSA) is 44.2 Å². The van der Waals surface area contributed by atoms with E-state index >= 15 is 0 Å². The molecule has 4 rings (SSSR count). The highest BCUT2D eigenvalue weighted by Gasteiger charge is 2.19. The van der Waals surface area contributed by atoms with Gasteiger partial charge in [-0.05, 0) is 60.7 Å². The molecule has 0 radical (unpaired) electrons. The van der Waals surface area contributed by atoms with E-state index in [9.17, 15) is 0 Å². The lowest BCUT2D eigenvalue weighted by Crippen LogP contribution is -1.97. The zero-order valence-corrected chi connectivity index (χ0v) is 21.3. The molecule has 1 aliphatic carbocycles. The van der Waals surface area contributed by atoms with Crippen LogP contribution in [0.2, 0.25) is 0 Å². The van der Waals surface area contributed by atoms with Gasteiger partial charge in [-0.2, -0.15) is 0 Å². The van der Waals surface area contributed by atoms with Gasteiger partial charge in [0.05, 0.1) is 13.2 Å². The Morgan fingerprint density at radius 1 is 0.629 bits per heavy atom. The first-order chi connectivity index (χ1) is 17.3. The third-order valence-corrected chi connectivity index (χ3v) is 6.69. The van der Waals surface area contributed by atoms with Crippen molar-refractivity contribution in [3.63, 3.8) is 0 Å². The fourth-order valence-electron chi connectivity index (χ4n) is 4.27. The molecule has 0 bridgehead atoms. The van der Waals surface area contributed by atoms with Gasteiger partial charge in [0.25, 0.3) is 0 Å². The fourth-order valence-corrected chi connectivity index (χ4v) is 4.27. The molecule has 1 saturated carbocycles. The molecule has 1 aliphatic rings. The molecule has 4 nitrogen and oxygen atoms in total. The monoisotopic (exact) mass is 472 g/mol. The Hall–Kier alpha value is -2.88. The van der Waals surface area contributed by atoms with Gasteiger partial charge in [0.2, 0.25) is 0 Å². The Morgan fingerprint density at radius 2 is 1.17 bits per heavy atom. The Balaban J connectivity index is 1.20. The highest BCUT2D eigenvalue weighted by atomic mass is 16.5. The maximum absolute atomic E-state index is 5.92. The molecular formula is C31H40N2O2. The van der Waals surface area contributed by atoms with Gasteiger partial charge < -0.3 is 9.47 Å². The molecule has 0 N–H and O–H groups in total. The maximum Gasteiger partial charge on any atom is 0.159 e. The molecule has 0 atom stereocenters. The molecule has 0 spiro atoms. The van der Waals surface area contributed by atoms with Crippen molar-refractivity contribution in [3.8, 4) is 34.0 Å². The first-order valence-corrected chi connectivity index (χ1v) is 13.6. The molecule has 35 heavy (non-hydrogen) atoms. The summed E-state index contributed by atoms with van der Waals surface area (Å²) in [5.74, 6) is 3.61. The van der Waals surface area contributed by atoms with Gasteiger partial charge in [0.1, 0.15) is 11.5 Å². The molecular weight excluding hydrogens is 432 g/mol. The second kappa shape index (κ2) is 13.9. The van der Waals surface area contributed by atoms with Gasteiger partial charge in [0.15, 0.2) is 5.82 Å². The molecule has 0 unspecified atom stereocenters. The number of unbranched alkanes of at least 4 members (excludes halogenated alkanes) is 6. The first kappa shape index (κ1) is 25.2. The van der Waals surface area contributed by atoms with Crippen molar-refractivity contribution in [2.45, 2.75) is 77.6 Å². The molecule has 0 saturated heterocycles. The molecule has 2 aromatic carbocycles. The van der Waals surface area contributed by atoms with Gasteiger partial charge in [-0.3, -0.25) is 0 Å². The van der Waals surface area contributed by atoms with Crippen molar-refractivity contribution < 1.29 is 9.47 Å². The van der Waals surface area contributed by atoms with E-state index in [1.54, 1.807) is 0 Å². The van der Waals surface area contributed by atoms with E-state index in [0.717, 1.165) is 66.0 Å². The minimum Gasteiger partial charge on any atom is -0.494 e. The molecule has 1 aromatic heterocycles. The summed E-state index contributed by atoms with van der Waals surface area (Å²) in [6, 6.07) is 16.3. The molecule has 4 heteroatoms. The van der Waals surface area contributed by atoms with Crippen LogP contribution >= 0.6 is 0 Å². The average Bonchev–Trinajstić information content (AvgIpc) is 3.73.